The van der Waals surface area contributed by atoms with Crippen LogP contribution in [0.1, 0.15) is 17.4 Å². The van der Waals surface area contributed by atoms with Gasteiger partial charge in [0.25, 0.3) is 0 Å². The number of benzene rings is 1. The Labute approximate surface area is 167 Å². The van der Waals surface area contributed by atoms with Crippen molar-refractivity contribution in [2.75, 3.05) is 19.3 Å². The van der Waals surface area contributed by atoms with Crippen LogP contribution in [0.25, 0.3) is 10.4 Å². The monoisotopic (exact) mass is 418 g/mol. The van der Waals surface area contributed by atoms with Crippen LogP contribution in [0.4, 0.5) is 4.39 Å². The number of nitrogens with two attached hydrogens (primary N) is 1. The van der Waals surface area contributed by atoms with Gasteiger partial charge in [0.15, 0.2) is 0 Å². The maximum atomic E-state index is 14.9. The van der Waals surface area contributed by atoms with Crippen molar-refractivity contribution in [2.24, 2.45) is 15.7 Å². The van der Waals surface area contributed by atoms with Crippen LogP contribution < -0.4 is 5.73 Å². The topological polar surface area (TPSA) is 88.1 Å². The van der Waals surface area contributed by atoms with Crippen LogP contribution in [0, 0.1) is 5.82 Å². The van der Waals surface area contributed by atoms with Gasteiger partial charge in [0.05, 0.1) is 22.9 Å². The van der Waals surface area contributed by atoms with Gasteiger partial charge in [-0.1, -0.05) is 24.3 Å². The normalized spacial score (nSPS) is 23.6. The van der Waals surface area contributed by atoms with Crippen molar-refractivity contribution in [1.82, 2.24) is 4.31 Å². The first-order chi connectivity index (χ1) is 13.2. The van der Waals surface area contributed by atoms with Gasteiger partial charge < -0.3 is 5.73 Å². The Balaban J connectivity index is 1.76. The molecule has 1 aromatic heterocycles. The lowest BCUT2D eigenvalue weighted by molar-refractivity contribution is 0.466. The van der Waals surface area contributed by atoms with Crippen molar-refractivity contribution in [1.29, 1.82) is 0 Å². The number of guanidine groups is 1. The first-order valence-electron chi connectivity index (χ1n) is 8.63. The molecule has 0 fully saturated rings. The highest BCUT2D eigenvalue weighted by atomic mass is 32.2. The highest BCUT2D eigenvalue weighted by molar-refractivity contribution is 7.89. The zero-order valence-electron chi connectivity index (χ0n) is 15.4. The van der Waals surface area contributed by atoms with E-state index >= 15 is 0 Å². The molecule has 28 heavy (non-hydrogen) atoms. The molecule has 9 heteroatoms. The Morgan fingerprint density at radius 3 is 2.71 bits per heavy atom. The van der Waals surface area contributed by atoms with Gasteiger partial charge in [-0.15, -0.1) is 11.3 Å². The van der Waals surface area contributed by atoms with Crippen molar-refractivity contribution in [3.8, 4) is 10.4 Å². The van der Waals surface area contributed by atoms with Crippen LogP contribution >= 0.6 is 11.3 Å². The van der Waals surface area contributed by atoms with E-state index in [-0.39, 0.29) is 16.6 Å². The summed E-state index contributed by atoms with van der Waals surface area (Å²) in [4.78, 5) is 9.66. The van der Waals surface area contributed by atoms with E-state index in [4.69, 9.17) is 5.73 Å². The van der Waals surface area contributed by atoms with Gasteiger partial charge in [0, 0.05) is 17.5 Å². The molecule has 0 saturated heterocycles. The number of hydrogen-bond donors (Lipinski definition) is 1. The zero-order valence-corrected chi connectivity index (χ0v) is 17.0. The van der Waals surface area contributed by atoms with Gasteiger partial charge in [0.1, 0.15) is 11.4 Å². The molecule has 4 rings (SSSR count). The molecule has 0 amide bonds. The first-order valence-corrected chi connectivity index (χ1v) is 11.1. The van der Waals surface area contributed by atoms with Crippen LogP contribution in [0.3, 0.4) is 0 Å². The minimum atomic E-state index is -3.66. The quantitative estimate of drug-likeness (QED) is 0.831. The molecule has 0 bridgehead atoms. The van der Waals surface area contributed by atoms with Gasteiger partial charge >= 0.3 is 0 Å². The summed E-state index contributed by atoms with van der Waals surface area (Å²) in [5.41, 5.74) is 7.21. The van der Waals surface area contributed by atoms with Crippen molar-refractivity contribution >= 4 is 33.0 Å². The highest BCUT2D eigenvalue weighted by Gasteiger charge is 2.42. The van der Waals surface area contributed by atoms with Crippen LogP contribution in [-0.4, -0.2) is 43.7 Å². The summed E-state index contributed by atoms with van der Waals surface area (Å²) in [6.07, 6.45) is 3.94. The summed E-state index contributed by atoms with van der Waals surface area (Å²) in [7, 11) is -2.32. The lowest BCUT2D eigenvalue weighted by Crippen LogP contribution is -2.50. The molecule has 0 spiro atoms. The van der Waals surface area contributed by atoms with E-state index in [1.807, 2.05) is 36.4 Å². The van der Waals surface area contributed by atoms with Crippen molar-refractivity contribution in [3.05, 3.63) is 58.7 Å². The van der Waals surface area contributed by atoms with E-state index in [0.29, 0.717) is 11.4 Å². The minimum Gasteiger partial charge on any atom is -0.369 e. The fraction of sp³-hybridized carbons (Fsp3) is 0.263. The van der Waals surface area contributed by atoms with Gasteiger partial charge in [-0.05, 0) is 30.7 Å². The van der Waals surface area contributed by atoms with E-state index < -0.39 is 21.4 Å². The molecule has 0 saturated carbocycles. The maximum Gasteiger partial charge on any atom is 0.239 e. The van der Waals surface area contributed by atoms with Gasteiger partial charge in [-0.3, -0.25) is 4.99 Å². The molecule has 0 radical (unpaired) electrons. The molecule has 0 unspecified atom stereocenters. The standard InChI is InChI=1S/C19H19FN4O2S2/c1-19(11-28(25,26)24(2)18(21)23-19)17-14(20)10-16(27-17)13-6-3-5-12(9-13)15-7-4-8-22-15/h3-7,9-10H,8,11H2,1-2H3,(H2,21,23)/t19-/m0/s1. The second-order valence-electron chi connectivity index (χ2n) is 6.96. The fourth-order valence-corrected chi connectivity index (χ4v) is 5.98. The average molecular weight is 419 g/mol. The summed E-state index contributed by atoms with van der Waals surface area (Å²) >= 11 is 1.19. The lowest BCUT2D eigenvalue weighted by Gasteiger charge is -2.33. The number of allylic oxidation sites excluding steroid dienone is 1. The first kappa shape index (κ1) is 18.8. The lowest BCUT2D eigenvalue weighted by atomic mass is 10.0. The van der Waals surface area contributed by atoms with E-state index in [0.717, 1.165) is 21.1 Å². The summed E-state index contributed by atoms with van der Waals surface area (Å²) in [6.45, 7) is 2.26. The Morgan fingerprint density at radius 1 is 1.29 bits per heavy atom. The fourth-order valence-electron chi connectivity index (χ4n) is 3.33. The smallest absolute Gasteiger partial charge is 0.239 e. The second kappa shape index (κ2) is 6.52. The van der Waals surface area contributed by atoms with Crippen molar-refractivity contribution in [3.63, 3.8) is 0 Å². The number of sulfonamides is 1. The molecule has 2 aromatic rings. The molecule has 146 valence electrons. The largest absolute Gasteiger partial charge is 0.369 e. The molecule has 2 aliphatic heterocycles. The van der Waals surface area contributed by atoms with Gasteiger partial charge in [-0.25, -0.2) is 22.1 Å². The molecule has 1 aromatic carbocycles. The van der Waals surface area contributed by atoms with E-state index in [9.17, 15) is 12.8 Å². The third-order valence-corrected chi connectivity index (χ3v) is 8.19. The number of nitrogens with zero attached hydrogens (tertiary/aromatic N) is 3. The zero-order chi connectivity index (χ0) is 20.1. The SMILES string of the molecule is CN1C(N)=N[C@](C)(c2sc(-c3cccc(C4=NCC=C4)c3)cc2F)CS1(=O)=O. The number of aliphatic imine (C=N–C) groups is 2. The van der Waals surface area contributed by atoms with Gasteiger partial charge in [-0.2, -0.15) is 0 Å². The van der Waals surface area contributed by atoms with E-state index in [1.54, 1.807) is 6.92 Å². The molecule has 0 aliphatic carbocycles. The third-order valence-electron chi connectivity index (χ3n) is 4.83. The van der Waals surface area contributed by atoms with Crippen LogP contribution in [0.5, 0.6) is 0 Å². The van der Waals surface area contributed by atoms with Crippen LogP contribution in [0.2, 0.25) is 0 Å². The number of thiophene rings is 1. The summed E-state index contributed by atoms with van der Waals surface area (Å²) in [5.74, 6) is -0.964. The summed E-state index contributed by atoms with van der Waals surface area (Å²) < 4.78 is 40.6. The van der Waals surface area contributed by atoms with Crippen LogP contribution in [0.15, 0.2) is 52.5 Å². The van der Waals surface area contributed by atoms with Crippen LogP contribution in [-0.2, 0) is 15.6 Å². The molecular weight excluding hydrogens is 399 g/mol. The third kappa shape index (κ3) is 3.14. The van der Waals surface area contributed by atoms with E-state index in [1.165, 1.54) is 24.5 Å². The summed E-state index contributed by atoms with van der Waals surface area (Å²) in [5, 5.41) is 0. The van der Waals surface area contributed by atoms with Crippen molar-refractivity contribution < 1.29 is 12.8 Å². The predicted octanol–water partition coefficient (Wildman–Crippen LogP) is 2.72. The molecule has 2 aliphatic rings. The molecule has 3 heterocycles. The summed E-state index contributed by atoms with van der Waals surface area (Å²) in [6, 6.07) is 9.12. The maximum absolute atomic E-state index is 14.9. The Hall–Kier alpha value is -2.52. The number of hydrogen-bond acceptors (Lipinski definition) is 6. The van der Waals surface area contributed by atoms with Crippen molar-refractivity contribution in [2.45, 2.75) is 12.5 Å². The van der Waals surface area contributed by atoms with Gasteiger partial charge in [0.2, 0.25) is 16.0 Å². The van der Waals surface area contributed by atoms with E-state index in [2.05, 4.69) is 9.98 Å². The Morgan fingerprint density at radius 2 is 2.04 bits per heavy atom. The minimum absolute atomic E-state index is 0.142. The Bertz CT molecular complexity index is 1150. The Kier molecular flexibility index (Phi) is 4.39. The average Bonchev–Trinajstić information content (AvgIpc) is 3.29. The second-order valence-corrected chi connectivity index (χ2v) is 10.0. The predicted molar refractivity (Wildman–Crippen MR) is 111 cm³/mol. The highest BCUT2D eigenvalue weighted by Crippen LogP contribution is 2.41. The molecule has 1 atom stereocenters. The number of rotatable bonds is 3. The molecule has 2 N–H and O–H groups in total. The molecule has 6 nitrogen and oxygen atoms in total. The number of halogens is 1. The molecular formula is C19H19FN4O2S2.